The number of carbonyl (C=O) groups is 4. The Bertz CT molecular complexity index is 647. The molecule has 0 fully saturated rings. The fraction of sp³-hybridized carbons (Fsp3) is 0.571. The van der Waals surface area contributed by atoms with Gasteiger partial charge >= 0.3 is 0 Å². The molecule has 0 aromatic carbocycles. The number of quaternary nitrogens is 1. The summed E-state index contributed by atoms with van der Waals surface area (Å²) in [4.78, 5) is 40.1. The molecule has 223 valence electrons. The minimum absolute atomic E-state index is 0. The van der Waals surface area contributed by atoms with Crippen molar-refractivity contribution >= 4 is 23.1 Å². The van der Waals surface area contributed by atoms with Crippen molar-refractivity contribution in [1.29, 1.82) is 0 Å². The fourth-order valence-electron chi connectivity index (χ4n) is 2.52. The van der Waals surface area contributed by atoms with Crippen molar-refractivity contribution in [2.75, 3.05) is 26.2 Å². The molecular weight excluding hydrogens is 630 g/mol. The Morgan fingerprint density at radius 3 is 0.579 bits per heavy atom. The first kappa shape index (κ1) is 49.3. The van der Waals surface area contributed by atoms with E-state index in [2.05, 4.69) is 27.7 Å². The Kier molecular flexibility index (Phi) is 41.0. The average Bonchev–Trinajstić information content (AvgIpc) is 2.68. The molecule has 10 heteroatoms. The summed E-state index contributed by atoms with van der Waals surface area (Å²) in [6.07, 6.45) is 4.67. The minimum Gasteiger partial charge on any atom is -0.512 e. The first-order valence-corrected chi connectivity index (χ1v) is 12.1. The molecule has 0 aromatic heterocycles. The second-order valence-corrected chi connectivity index (χ2v) is 8.19. The van der Waals surface area contributed by atoms with Gasteiger partial charge in [-0.3, -0.25) is 19.2 Å². The number of allylic oxidation sites excluding steroid dienone is 8. The van der Waals surface area contributed by atoms with Gasteiger partial charge < -0.3 is 24.9 Å². The standard InChI is InChI=1S/C8H20N.4C5H8O2.Eu/c1-5-9(6-2,7-3)8-4;4*1-4(6)3-5(2)7;/h5-8H2,1-4H3;4*3,6H,1-2H3;/q+1;;;;;/b;4*4-3-;. The van der Waals surface area contributed by atoms with Crippen LogP contribution in [0.15, 0.2) is 47.3 Å². The molecule has 0 aliphatic carbocycles. The molecule has 4 N–H and O–H groups in total. The van der Waals surface area contributed by atoms with Crippen LogP contribution in [-0.4, -0.2) is 74.2 Å². The third-order valence-corrected chi connectivity index (χ3v) is 4.33. The maximum Gasteiger partial charge on any atom is 0.155 e. The van der Waals surface area contributed by atoms with Gasteiger partial charge in [0.15, 0.2) is 23.1 Å². The van der Waals surface area contributed by atoms with E-state index in [1.165, 1.54) is 110 Å². The van der Waals surface area contributed by atoms with E-state index in [0.29, 0.717) is 0 Å². The number of rotatable bonds is 8. The monoisotopic (exact) mass is 683 g/mol. The van der Waals surface area contributed by atoms with Crippen LogP contribution in [0.25, 0.3) is 0 Å². The van der Waals surface area contributed by atoms with Gasteiger partial charge in [0, 0.05) is 73.7 Å². The first-order valence-electron chi connectivity index (χ1n) is 12.1. The van der Waals surface area contributed by atoms with Gasteiger partial charge in [0.1, 0.15) is 0 Å². The Morgan fingerprint density at radius 2 is 0.579 bits per heavy atom. The van der Waals surface area contributed by atoms with Crippen molar-refractivity contribution in [3.05, 3.63) is 47.3 Å². The molecule has 0 bridgehead atoms. The molecule has 0 saturated heterocycles. The van der Waals surface area contributed by atoms with E-state index in [0.717, 1.165) is 0 Å². The van der Waals surface area contributed by atoms with Gasteiger partial charge in [-0.15, -0.1) is 0 Å². The van der Waals surface area contributed by atoms with Gasteiger partial charge in [-0.2, -0.15) is 0 Å². The number of aliphatic hydroxyl groups is 4. The van der Waals surface area contributed by atoms with Crippen LogP contribution >= 0.6 is 0 Å². The number of carbonyl (C=O) groups excluding carboxylic acids is 4. The number of aliphatic hydroxyl groups excluding tert-OH is 4. The molecule has 0 rings (SSSR count). The summed E-state index contributed by atoms with van der Waals surface area (Å²) in [5.74, 6) is -0.250. The molecule has 0 amide bonds. The van der Waals surface area contributed by atoms with Gasteiger partial charge in [-0.1, -0.05) is 0 Å². The predicted molar refractivity (Wildman–Crippen MR) is 151 cm³/mol. The zero-order valence-corrected chi connectivity index (χ0v) is 27.8. The quantitative estimate of drug-likeness (QED) is 0.138. The normalized spacial score (nSPS) is 11.3. The first-order chi connectivity index (χ1) is 16.7. The van der Waals surface area contributed by atoms with Crippen LogP contribution in [0.2, 0.25) is 0 Å². The maximum atomic E-state index is 10.0. The molecule has 9 nitrogen and oxygen atoms in total. The van der Waals surface area contributed by atoms with Gasteiger partial charge in [-0.25, -0.2) is 0 Å². The molecule has 1 radical (unpaired) electrons. The summed E-state index contributed by atoms with van der Waals surface area (Å²) in [5.41, 5.74) is 0. The van der Waals surface area contributed by atoms with E-state index in [9.17, 15) is 19.2 Å². The van der Waals surface area contributed by atoms with Crippen LogP contribution in [0.5, 0.6) is 0 Å². The number of hydrogen-bond acceptors (Lipinski definition) is 8. The van der Waals surface area contributed by atoms with Crippen molar-refractivity contribution < 1.29 is 93.5 Å². The van der Waals surface area contributed by atoms with E-state index in [1.54, 1.807) is 0 Å². The van der Waals surface area contributed by atoms with Crippen molar-refractivity contribution in [1.82, 2.24) is 0 Å². The number of hydrogen-bond donors (Lipinski definition) is 4. The molecule has 0 aliphatic rings. The van der Waals surface area contributed by atoms with Crippen molar-refractivity contribution in [2.45, 2.75) is 83.1 Å². The van der Waals surface area contributed by atoms with Crippen LogP contribution in [0.1, 0.15) is 83.1 Å². The Hall–Kier alpha value is -1.62. The number of nitrogens with zero attached hydrogens (tertiary/aromatic N) is 1. The molecule has 0 saturated carbocycles. The molecule has 0 heterocycles. The van der Waals surface area contributed by atoms with Gasteiger partial charge in [0.25, 0.3) is 0 Å². The third kappa shape index (κ3) is 55.0. The minimum atomic E-state index is -0.125. The van der Waals surface area contributed by atoms with Crippen LogP contribution < -0.4 is 0 Å². The fourth-order valence-corrected chi connectivity index (χ4v) is 2.52. The SMILES string of the molecule is CC(=O)/C=C(/C)O.CC(=O)/C=C(/C)O.CC(=O)/C=C(/C)O.CC(=O)/C=C(/C)O.CC[N+](CC)(CC)CC.[Eu]. The van der Waals surface area contributed by atoms with Crippen LogP contribution in [-0.2, 0) is 19.2 Å². The Morgan fingerprint density at radius 1 is 0.447 bits per heavy atom. The number of ketones is 4. The summed E-state index contributed by atoms with van der Waals surface area (Å²) in [5, 5.41) is 33.5. The molecule has 0 spiro atoms. The van der Waals surface area contributed by atoms with E-state index >= 15 is 0 Å². The summed E-state index contributed by atoms with van der Waals surface area (Å²) >= 11 is 0. The molecule has 0 aliphatic heterocycles. The smallest absolute Gasteiger partial charge is 0.155 e. The summed E-state index contributed by atoms with van der Waals surface area (Å²) in [6, 6.07) is 0. The molecule has 0 atom stereocenters. The van der Waals surface area contributed by atoms with E-state index < -0.39 is 0 Å². The molecule has 38 heavy (non-hydrogen) atoms. The zero-order valence-electron chi connectivity index (χ0n) is 25.4. The second kappa shape index (κ2) is 31.6. The van der Waals surface area contributed by atoms with Gasteiger partial charge in [0.05, 0.1) is 49.2 Å². The van der Waals surface area contributed by atoms with Crippen molar-refractivity contribution in [3.8, 4) is 0 Å². The Balaban J connectivity index is -0.0000000840. The largest absolute Gasteiger partial charge is 0.512 e. The van der Waals surface area contributed by atoms with Crippen molar-refractivity contribution in [2.24, 2.45) is 0 Å². The topological polar surface area (TPSA) is 149 Å². The maximum absolute atomic E-state index is 10.0. The predicted octanol–water partition coefficient (Wildman–Crippen LogP) is 6.03. The van der Waals surface area contributed by atoms with E-state index in [-0.39, 0.29) is 95.5 Å². The third-order valence-electron chi connectivity index (χ3n) is 4.33. The molecule has 0 unspecified atom stereocenters. The molecular formula is C28H52EuNO8+. The van der Waals surface area contributed by atoms with Crippen LogP contribution in [0.3, 0.4) is 0 Å². The van der Waals surface area contributed by atoms with Crippen LogP contribution in [0, 0.1) is 49.4 Å². The van der Waals surface area contributed by atoms with Gasteiger partial charge in [0.2, 0.25) is 0 Å². The van der Waals surface area contributed by atoms with Crippen molar-refractivity contribution in [3.63, 3.8) is 0 Å². The molecule has 0 aromatic rings. The van der Waals surface area contributed by atoms with E-state index in [1.807, 2.05) is 0 Å². The summed E-state index contributed by atoms with van der Waals surface area (Å²) < 4.78 is 1.28. The van der Waals surface area contributed by atoms with Crippen LogP contribution in [0.4, 0.5) is 0 Å². The summed E-state index contributed by atoms with van der Waals surface area (Å²) in [6.45, 7) is 25.6. The second-order valence-electron chi connectivity index (χ2n) is 8.19. The van der Waals surface area contributed by atoms with E-state index in [4.69, 9.17) is 20.4 Å². The van der Waals surface area contributed by atoms with Gasteiger partial charge in [-0.05, 0) is 83.1 Å². The zero-order chi connectivity index (χ0) is 30.8. The Labute approximate surface area is 271 Å². The average molecular weight is 683 g/mol. The summed E-state index contributed by atoms with van der Waals surface area (Å²) in [7, 11) is 0.